The number of hydrogen-bond acceptors (Lipinski definition) is 2. The summed E-state index contributed by atoms with van der Waals surface area (Å²) in [6.45, 7) is 11.2. The predicted octanol–water partition coefficient (Wildman–Crippen LogP) is 2.94. The van der Waals surface area contributed by atoms with Crippen molar-refractivity contribution in [1.29, 1.82) is 0 Å². The quantitative estimate of drug-likeness (QED) is 0.294. The summed E-state index contributed by atoms with van der Waals surface area (Å²) in [6.07, 6.45) is 4.62. The fourth-order valence-electron chi connectivity index (χ4n) is 2.38. The van der Waals surface area contributed by atoms with Crippen molar-refractivity contribution in [2.75, 3.05) is 19.6 Å². The Morgan fingerprint density at radius 1 is 1.18 bits per heavy atom. The Morgan fingerprint density at radius 3 is 2.45 bits per heavy atom. The van der Waals surface area contributed by atoms with Crippen molar-refractivity contribution >= 4 is 29.9 Å². The average Bonchev–Trinajstić information content (AvgIpc) is 2.69. The molecule has 2 N–H and O–H groups in total. The summed E-state index contributed by atoms with van der Waals surface area (Å²) in [6, 6.07) is 0. The Hall–Kier alpha value is -0.790. The third-order valence-corrected chi connectivity index (χ3v) is 3.70. The lowest BCUT2D eigenvalue weighted by atomic mass is 10.1. The zero-order chi connectivity index (χ0) is 15.7. The highest BCUT2D eigenvalue weighted by Crippen LogP contribution is 2.11. The van der Waals surface area contributed by atoms with Gasteiger partial charge in [-0.15, -0.1) is 24.0 Å². The first-order chi connectivity index (χ1) is 10.1. The average molecular weight is 421 g/mol. The van der Waals surface area contributed by atoms with E-state index in [9.17, 15) is 0 Å². The van der Waals surface area contributed by atoms with Gasteiger partial charge in [-0.3, -0.25) is 9.67 Å². The zero-order valence-electron chi connectivity index (χ0n) is 14.7. The number of aryl methyl sites for hydroxylation is 2. The van der Waals surface area contributed by atoms with Crippen LogP contribution in [-0.2, 0) is 13.5 Å². The van der Waals surface area contributed by atoms with Gasteiger partial charge >= 0.3 is 0 Å². The Kier molecular flexibility index (Phi) is 11.3. The SMILES string of the molecule is CCCCCN=C(NCC)NCCc1c(C)nn(C)c1C.I. The summed E-state index contributed by atoms with van der Waals surface area (Å²) in [7, 11) is 2.00. The number of nitrogens with zero attached hydrogens (tertiary/aromatic N) is 3. The molecule has 0 aliphatic carbocycles. The number of unbranched alkanes of at least 4 members (excludes halogenated alkanes) is 2. The third-order valence-electron chi connectivity index (χ3n) is 3.70. The predicted molar refractivity (Wildman–Crippen MR) is 105 cm³/mol. The molecule has 1 heterocycles. The van der Waals surface area contributed by atoms with Crippen molar-refractivity contribution in [3.8, 4) is 0 Å². The molecule has 0 saturated carbocycles. The standard InChI is InChI=1S/C16H31N5.HI/c1-6-8-9-11-18-16(17-7-2)19-12-10-15-13(3)20-21(5)14(15)4;/h6-12H2,1-5H3,(H2,17,18,19);1H. The summed E-state index contributed by atoms with van der Waals surface area (Å²) < 4.78 is 1.95. The van der Waals surface area contributed by atoms with E-state index in [1.807, 2.05) is 11.7 Å². The summed E-state index contributed by atoms with van der Waals surface area (Å²) >= 11 is 0. The lowest BCUT2D eigenvalue weighted by molar-refractivity contribution is 0.715. The second kappa shape index (κ2) is 11.7. The van der Waals surface area contributed by atoms with Crippen molar-refractivity contribution in [3.63, 3.8) is 0 Å². The van der Waals surface area contributed by atoms with Crippen LogP contribution in [0, 0.1) is 13.8 Å². The molecule has 6 heteroatoms. The van der Waals surface area contributed by atoms with Gasteiger partial charge in [0, 0.05) is 32.4 Å². The summed E-state index contributed by atoms with van der Waals surface area (Å²) in [5.41, 5.74) is 3.72. The number of aromatic nitrogens is 2. The number of halogens is 1. The molecule has 0 aliphatic heterocycles. The van der Waals surface area contributed by atoms with Gasteiger partial charge in [-0.05, 0) is 39.2 Å². The Bertz CT molecular complexity index is 454. The summed E-state index contributed by atoms with van der Waals surface area (Å²) in [5.74, 6) is 0.924. The van der Waals surface area contributed by atoms with Gasteiger partial charge in [0.1, 0.15) is 0 Å². The molecule has 1 aromatic rings. The second-order valence-electron chi connectivity index (χ2n) is 5.42. The fraction of sp³-hybridized carbons (Fsp3) is 0.750. The minimum absolute atomic E-state index is 0. The molecule has 0 amide bonds. The van der Waals surface area contributed by atoms with Crippen molar-refractivity contribution < 1.29 is 0 Å². The van der Waals surface area contributed by atoms with E-state index < -0.39 is 0 Å². The van der Waals surface area contributed by atoms with Crippen molar-refractivity contribution in [2.24, 2.45) is 12.0 Å². The van der Waals surface area contributed by atoms with Gasteiger partial charge in [0.15, 0.2) is 5.96 Å². The van der Waals surface area contributed by atoms with Gasteiger partial charge in [-0.1, -0.05) is 19.8 Å². The molecule has 22 heavy (non-hydrogen) atoms. The topological polar surface area (TPSA) is 54.2 Å². The van der Waals surface area contributed by atoms with Crippen LogP contribution in [-0.4, -0.2) is 35.4 Å². The number of rotatable bonds is 8. The van der Waals surface area contributed by atoms with Crippen molar-refractivity contribution in [3.05, 3.63) is 17.0 Å². The highest BCUT2D eigenvalue weighted by molar-refractivity contribution is 14.0. The highest BCUT2D eigenvalue weighted by atomic mass is 127. The van der Waals surface area contributed by atoms with E-state index >= 15 is 0 Å². The largest absolute Gasteiger partial charge is 0.357 e. The number of guanidine groups is 1. The molecular weight excluding hydrogens is 389 g/mol. The molecule has 0 bridgehead atoms. The monoisotopic (exact) mass is 421 g/mol. The van der Waals surface area contributed by atoms with Gasteiger partial charge in [0.25, 0.3) is 0 Å². The van der Waals surface area contributed by atoms with E-state index in [2.05, 4.69) is 48.4 Å². The van der Waals surface area contributed by atoms with E-state index in [0.29, 0.717) is 0 Å². The van der Waals surface area contributed by atoms with Gasteiger partial charge in [0.05, 0.1) is 5.69 Å². The smallest absolute Gasteiger partial charge is 0.191 e. The molecular formula is C16H32IN5. The highest BCUT2D eigenvalue weighted by Gasteiger charge is 2.08. The minimum Gasteiger partial charge on any atom is -0.357 e. The molecule has 0 aromatic carbocycles. The molecule has 0 saturated heterocycles. The Labute approximate surface area is 152 Å². The van der Waals surface area contributed by atoms with Crippen molar-refractivity contribution in [2.45, 2.75) is 53.4 Å². The molecule has 0 unspecified atom stereocenters. The van der Waals surface area contributed by atoms with E-state index in [0.717, 1.165) is 44.1 Å². The van der Waals surface area contributed by atoms with Crippen LogP contribution in [0.25, 0.3) is 0 Å². The van der Waals surface area contributed by atoms with Crippen LogP contribution >= 0.6 is 24.0 Å². The van der Waals surface area contributed by atoms with E-state index in [4.69, 9.17) is 0 Å². The normalized spacial score (nSPS) is 11.2. The first-order valence-electron chi connectivity index (χ1n) is 8.11. The number of aliphatic imine (C=N–C) groups is 1. The first kappa shape index (κ1) is 21.2. The summed E-state index contributed by atoms with van der Waals surface area (Å²) in [4.78, 5) is 4.61. The molecule has 0 atom stereocenters. The van der Waals surface area contributed by atoms with Crippen LogP contribution in [0.4, 0.5) is 0 Å². The summed E-state index contributed by atoms with van der Waals surface area (Å²) in [5, 5.41) is 11.2. The number of hydrogen-bond donors (Lipinski definition) is 2. The molecule has 128 valence electrons. The van der Waals surface area contributed by atoms with Gasteiger partial charge in [-0.2, -0.15) is 5.10 Å². The Balaban J connectivity index is 0.00000441. The van der Waals surface area contributed by atoms with Crippen LogP contribution in [0.5, 0.6) is 0 Å². The fourth-order valence-corrected chi connectivity index (χ4v) is 2.38. The molecule has 0 fully saturated rings. The van der Waals surface area contributed by atoms with Gasteiger partial charge < -0.3 is 10.6 Å². The number of nitrogens with one attached hydrogen (secondary N) is 2. The van der Waals surface area contributed by atoms with Crippen LogP contribution in [0.1, 0.15) is 50.1 Å². The van der Waals surface area contributed by atoms with Crippen LogP contribution in [0.3, 0.4) is 0 Å². The molecule has 1 rings (SSSR count). The zero-order valence-corrected chi connectivity index (χ0v) is 17.0. The van der Waals surface area contributed by atoms with Crippen LogP contribution < -0.4 is 10.6 Å². The van der Waals surface area contributed by atoms with Gasteiger partial charge in [-0.25, -0.2) is 0 Å². The molecule has 0 spiro atoms. The maximum Gasteiger partial charge on any atom is 0.191 e. The van der Waals surface area contributed by atoms with E-state index in [1.165, 1.54) is 24.1 Å². The third kappa shape index (κ3) is 6.98. The molecule has 0 aliphatic rings. The van der Waals surface area contributed by atoms with Gasteiger partial charge in [0.2, 0.25) is 0 Å². The molecule has 5 nitrogen and oxygen atoms in total. The lowest BCUT2D eigenvalue weighted by Crippen LogP contribution is -2.38. The lowest BCUT2D eigenvalue weighted by Gasteiger charge is -2.11. The van der Waals surface area contributed by atoms with E-state index in [-0.39, 0.29) is 24.0 Å². The second-order valence-corrected chi connectivity index (χ2v) is 5.42. The maximum atomic E-state index is 4.61. The van der Waals surface area contributed by atoms with Crippen molar-refractivity contribution in [1.82, 2.24) is 20.4 Å². The minimum atomic E-state index is 0. The van der Waals surface area contributed by atoms with Crippen LogP contribution in [0.15, 0.2) is 4.99 Å². The van der Waals surface area contributed by atoms with Crippen LogP contribution in [0.2, 0.25) is 0 Å². The maximum absolute atomic E-state index is 4.61. The molecule has 1 aromatic heterocycles. The van der Waals surface area contributed by atoms with E-state index in [1.54, 1.807) is 0 Å². The molecule has 0 radical (unpaired) electrons. The first-order valence-corrected chi connectivity index (χ1v) is 8.11. The Morgan fingerprint density at radius 2 is 1.91 bits per heavy atom.